The number of aryl methyl sites for hydroxylation is 2. The van der Waals surface area contributed by atoms with Gasteiger partial charge in [-0.2, -0.15) is 0 Å². The first-order valence-electron chi connectivity index (χ1n) is 8.20. The summed E-state index contributed by atoms with van der Waals surface area (Å²) in [6.45, 7) is 4.14. The highest BCUT2D eigenvalue weighted by Crippen LogP contribution is 2.29. The van der Waals surface area contributed by atoms with Gasteiger partial charge in [-0.25, -0.2) is 4.39 Å². The van der Waals surface area contributed by atoms with Crippen LogP contribution in [0.4, 0.5) is 4.39 Å². The van der Waals surface area contributed by atoms with Crippen molar-refractivity contribution in [3.63, 3.8) is 0 Å². The zero-order valence-corrected chi connectivity index (χ0v) is 17.4. The maximum atomic E-state index is 13.9. The highest BCUT2D eigenvalue weighted by molar-refractivity contribution is 7.98. The smallest absolute Gasteiger partial charge is 0.191 e. The molecular weight excluding hydrogens is 408 g/mol. The zero-order valence-electron chi connectivity index (χ0n) is 15.1. The lowest BCUT2D eigenvalue weighted by Gasteiger charge is -2.10. The predicted molar refractivity (Wildman–Crippen MR) is 107 cm³/mol. The highest BCUT2D eigenvalue weighted by atomic mass is 35.5. The normalized spacial score (nSPS) is 11.0. The first-order valence-corrected chi connectivity index (χ1v) is 9.94. The second-order valence-electron chi connectivity index (χ2n) is 6.11. The second kappa shape index (κ2) is 8.50. The molecule has 0 amide bonds. The van der Waals surface area contributed by atoms with E-state index in [4.69, 9.17) is 27.9 Å². The number of nitrogens with zero attached hydrogens (tertiary/aromatic N) is 3. The van der Waals surface area contributed by atoms with Crippen molar-refractivity contribution in [1.82, 2.24) is 14.8 Å². The van der Waals surface area contributed by atoms with Gasteiger partial charge in [0.05, 0.1) is 0 Å². The lowest BCUT2D eigenvalue weighted by Crippen LogP contribution is -2.04. The van der Waals surface area contributed by atoms with Gasteiger partial charge in [0.2, 0.25) is 0 Å². The van der Waals surface area contributed by atoms with Gasteiger partial charge in [0.25, 0.3) is 0 Å². The molecule has 8 heteroatoms. The molecule has 0 radical (unpaired) electrons. The molecule has 0 atom stereocenters. The Morgan fingerprint density at radius 1 is 1.15 bits per heavy atom. The molecule has 0 aliphatic heterocycles. The molecule has 2 aromatic carbocycles. The van der Waals surface area contributed by atoms with E-state index >= 15 is 0 Å². The number of thioether (sulfide) groups is 1. The molecule has 1 heterocycles. The van der Waals surface area contributed by atoms with E-state index in [1.54, 1.807) is 12.1 Å². The minimum atomic E-state index is -0.325. The summed E-state index contributed by atoms with van der Waals surface area (Å²) < 4.78 is 21.6. The van der Waals surface area contributed by atoms with E-state index in [-0.39, 0.29) is 12.4 Å². The molecule has 3 rings (SSSR count). The quantitative estimate of drug-likeness (QED) is 0.471. The van der Waals surface area contributed by atoms with Crippen molar-refractivity contribution in [3.8, 4) is 5.75 Å². The Labute approximate surface area is 171 Å². The minimum Gasteiger partial charge on any atom is -0.486 e. The number of ether oxygens (including phenoxy) is 1. The Morgan fingerprint density at radius 3 is 2.52 bits per heavy atom. The first kappa shape index (κ1) is 20.0. The van der Waals surface area contributed by atoms with Gasteiger partial charge in [-0.3, -0.25) is 0 Å². The van der Waals surface area contributed by atoms with E-state index in [0.29, 0.717) is 27.3 Å². The Balaban J connectivity index is 1.67. The molecule has 0 N–H and O–H groups in total. The van der Waals surface area contributed by atoms with Crippen LogP contribution < -0.4 is 4.74 Å². The van der Waals surface area contributed by atoms with Crippen LogP contribution in [-0.4, -0.2) is 14.8 Å². The summed E-state index contributed by atoms with van der Waals surface area (Å²) in [5.41, 5.74) is 2.38. The standard InChI is InChI=1S/C19H18Cl2FN3OS/c1-11-7-13(8-12(2)18(11)21)26-9-17-23-24-19(25(17)3)27-10-14-15(20)5-4-6-16(14)22/h4-8H,9-10H2,1-3H3. The third kappa shape index (κ3) is 4.57. The molecule has 0 unspecified atom stereocenters. The highest BCUT2D eigenvalue weighted by Gasteiger charge is 2.13. The number of aromatic nitrogens is 3. The van der Waals surface area contributed by atoms with Crippen molar-refractivity contribution in [1.29, 1.82) is 0 Å². The maximum Gasteiger partial charge on any atom is 0.191 e. The molecule has 0 saturated heterocycles. The molecule has 0 saturated carbocycles. The van der Waals surface area contributed by atoms with Crippen molar-refractivity contribution >= 4 is 35.0 Å². The topological polar surface area (TPSA) is 39.9 Å². The molecule has 1 aromatic heterocycles. The summed E-state index contributed by atoms with van der Waals surface area (Å²) in [5, 5.41) is 10.1. The average molecular weight is 426 g/mol. The van der Waals surface area contributed by atoms with Crippen molar-refractivity contribution in [2.24, 2.45) is 7.05 Å². The predicted octanol–water partition coefficient (Wildman–Crippen LogP) is 5.75. The fourth-order valence-corrected chi connectivity index (χ4v) is 3.92. The van der Waals surface area contributed by atoms with Crippen LogP contribution in [-0.2, 0) is 19.4 Å². The van der Waals surface area contributed by atoms with E-state index in [1.807, 2.05) is 37.6 Å². The second-order valence-corrected chi connectivity index (χ2v) is 7.83. The molecule has 0 fully saturated rings. The van der Waals surface area contributed by atoms with E-state index < -0.39 is 0 Å². The molecule has 4 nitrogen and oxygen atoms in total. The Hall–Kier alpha value is -1.76. The fourth-order valence-electron chi connectivity index (χ4n) is 2.54. The van der Waals surface area contributed by atoms with Crippen LogP contribution in [0.5, 0.6) is 5.75 Å². The van der Waals surface area contributed by atoms with Crippen LogP contribution in [0.3, 0.4) is 0 Å². The summed E-state index contributed by atoms with van der Waals surface area (Å²) in [7, 11) is 1.85. The van der Waals surface area contributed by atoms with Gasteiger partial charge < -0.3 is 9.30 Å². The van der Waals surface area contributed by atoms with E-state index in [2.05, 4.69) is 10.2 Å². The monoisotopic (exact) mass is 425 g/mol. The number of benzene rings is 2. The molecule has 0 spiro atoms. The van der Waals surface area contributed by atoms with Crippen LogP contribution in [0.15, 0.2) is 35.5 Å². The number of rotatable bonds is 6. The van der Waals surface area contributed by atoms with Gasteiger partial charge in [-0.15, -0.1) is 10.2 Å². The van der Waals surface area contributed by atoms with Gasteiger partial charge in [0.1, 0.15) is 18.2 Å². The minimum absolute atomic E-state index is 0.269. The Morgan fingerprint density at radius 2 is 1.85 bits per heavy atom. The van der Waals surface area contributed by atoms with Crippen molar-refractivity contribution in [3.05, 3.63) is 68.7 Å². The molecule has 3 aromatic rings. The van der Waals surface area contributed by atoms with Crippen molar-refractivity contribution in [2.75, 3.05) is 0 Å². The van der Waals surface area contributed by atoms with Gasteiger partial charge in [-0.05, 0) is 49.2 Å². The summed E-state index contributed by atoms with van der Waals surface area (Å²) in [6, 6.07) is 8.44. The molecule has 0 aliphatic carbocycles. The first-order chi connectivity index (χ1) is 12.9. The number of halogens is 3. The maximum absolute atomic E-state index is 13.9. The molecule has 142 valence electrons. The lowest BCUT2D eigenvalue weighted by atomic mass is 10.1. The molecular formula is C19H18Cl2FN3OS. The van der Waals surface area contributed by atoms with Gasteiger partial charge in [0, 0.05) is 28.4 Å². The van der Waals surface area contributed by atoms with Crippen LogP contribution in [0.2, 0.25) is 10.0 Å². The third-order valence-corrected chi connectivity index (χ3v) is 6.11. The fraction of sp³-hybridized carbons (Fsp3) is 0.263. The Kier molecular flexibility index (Phi) is 6.29. The van der Waals surface area contributed by atoms with Crippen LogP contribution in [0.1, 0.15) is 22.5 Å². The van der Waals surface area contributed by atoms with Gasteiger partial charge >= 0.3 is 0 Å². The zero-order chi connectivity index (χ0) is 19.6. The van der Waals surface area contributed by atoms with E-state index in [0.717, 1.165) is 21.9 Å². The van der Waals surface area contributed by atoms with Crippen molar-refractivity contribution in [2.45, 2.75) is 31.4 Å². The summed E-state index contributed by atoms with van der Waals surface area (Å²) in [6.07, 6.45) is 0. The van der Waals surface area contributed by atoms with Crippen LogP contribution in [0.25, 0.3) is 0 Å². The largest absolute Gasteiger partial charge is 0.486 e. The third-order valence-electron chi connectivity index (χ3n) is 4.11. The van der Waals surface area contributed by atoms with Crippen LogP contribution in [0, 0.1) is 19.7 Å². The molecule has 27 heavy (non-hydrogen) atoms. The lowest BCUT2D eigenvalue weighted by molar-refractivity contribution is 0.290. The molecule has 0 bridgehead atoms. The summed E-state index contributed by atoms with van der Waals surface area (Å²) in [4.78, 5) is 0. The number of hydrogen-bond acceptors (Lipinski definition) is 4. The Bertz CT molecular complexity index is 934. The van der Waals surface area contributed by atoms with Crippen LogP contribution >= 0.6 is 35.0 Å². The molecule has 0 aliphatic rings. The van der Waals surface area contributed by atoms with E-state index in [1.165, 1.54) is 17.8 Å². The average Bonchev–Trinajstić information content (AvgIpc) is 2.97. The van der Waals surface area contributed by atoms with Crippen molar-refractivity contribution < 1.29 is 9.13 Å². The van der Waals surface area contributed by atoms with Gasteiger partial charge in [0.15, 0.2) is 11.0 Å². The summed E-state index contributed by atoms with van der Waals surface area (Å²) >= 11 is 13.6. The summed E-state index contributed by atoms with van der Waals surface area (Å²) in [5.74, 6) is 1.44. The van der Waals surface area contributed by atoms with Gasteiger partial charge in [-0.1, -0.05) is 41.0 Å². The van der Waals surface area contributed by atoms with E-state index in [9.17, 15) is 4.39 Å². The SMILES string of the molecule is Cc1cc(OCc2nnc(SCc3c(F)cccc3Cl)n2C)cc(C)c1Cl. The number of hydrogen-bond donors (Lipinski definition) is 0.